The summed E-state index contributed by atoms with van der Waals surface area (Å²) >= 11 is 3.76. The molecule has 2 aliphatic heterocycles. The fourth-order valence-corrected chi connectivity index (χ4v) is 6.97. The third-order valence-electron chi connectivity index (χ3n) is 5.93. The number of nitrogens with zero attached hydrogens (tertiary/aromatic N) is 5. The van der Waals surface area contributed by atoms with E-state index in [4.69, 9.17) is 5.73 Å². The van der Waals surface area contributed by atoms with Gasteiger partial charge in [0, 0.05) is 22.1 Å². The van der Waals surface area contributed by atoms with E-state index < -0.39 is 36.1 Å². The van der Waals surface area contributed by atoms with E-state index in [1.54, 1.807) is 4.57 Å². The third kappa shape index (κ3) is 4.92. The first-order chi connectivity index (χ1) is 18.8. The Kier molecular flexibility index (Phi) is 7.49. The predicted octanol–water partition coefficient (Wildman–Crippen LogP) is -1.68. The number of nitrogens with one attached hydrogen (secondary N) is 2. The molecule has 5 heterocycles. The van der Waals surface area contributed by atoms with Gasteiger partial charge in [-0.25, -0.2) is 13.9 Å². The molecule has 1 saturated heterocycles. The summed E-state index contributed by atoms with van der Waals surface area (Å²) in [6.45, 7) is -0.954. The Bertz CT molecular complexity index is 1530. The quantitative estimate of drug-likeness (QED) is 0.0766. The van der Waals surface area contributed by atoms with Crippen molar-refractivity contribution in [2.45, 2.75) is 24.5 Å². The van der Waals surface area contributed by atoms with Crippen molar-refractivity contribution in [1.82, 2.24) is 24.9 Å². The van der Waals surface area contributed by atoms with Crippen molar-refractivity contribution in [3.05, 3.63) is 45.9 Å². The number of hydrogen-bond acceptors (Lipinski definition) is 12. The van der Waals surface area contributed by atoms with E-state index >= 15 is 0 Å². The molecule has 0 spiro atoms. The molecule has 2 atom stereocenters. The molecule has 0 unspecified atom stereocenters. The number of anilines is 1. The molecule has 204 valence electrons. The zero-order valence-electron chi connectivity index (χ0n) is 19.7. The molecular formula is C21H19FN8O6S3. The molecular weight excluding hydrogens is 575 g/mol. The summed E-state index contributed by atoms with van der Waals surface area (Å²) in [4.78, 5) is 59.4. The number of amides is 3. The Labute approximate surface area is 230 Å². The van der Waals surface area contributed by atoms with Crippen molar-refractivity contribution >= 4 is 74.3 Å². The lowest BCUT2D eigenvalue weighted by Gasteiger charge is -2.50. The number of aromatic nitrogens is 3. The molecule has 0 radical (unpaired) electrons. The average Bonchev–Trinajstić information content (AvgIpc) is 3.63. The van der Waals surface area contributed by atoms with Gasteiger partial charge in [0.1, 0.15) is 42.6 Å². The van der Waals surface area contributed by atoms with E-state index in [0.29, 0.717) is 17.8 Å². The number of alkyl halides is 1. The fraction of sp³-hybridized carbons (Fsp3) is 0.286. The number of nitrogens with two attached hydrogens (primary N) is 1. The standard InChI is InChI=1S/C21H19FN8O6S3/c22-8-36-27-14(11-7-39-21(23)25-11)17(32)26-15-18(33)30-16(20(34)35)10(6-38-19(15)30)4-28-5-13-29(1-2-37-13)12(28)3-24-9-31/h1-2,5,7,9,15,19H,3-4,6,8H2,(H4-,23,24,25,26,31,32,34,35)/b27-14-/t15-,19-/m1/s1. The number of carboxylic acids is 1. The van der Waals surface area contributed by atoms with Crippen LogP contribution in [0.25, 0.3) is 4.83 Å². The number of thiazole rings is 2. The number of hydrogen-bond donors (Lipinski definition) is 3. The van der Waals surface area contributed by atoms with Crippen molar-refractivity contribution < 1.29 is 38.1 Å². The van der Waals surface area contributed by atoms with Crippen LogP contribution in [0, 0.1) is 0 Å². The van der Waals surface area contributed by atoms with Gasteiger partial charge in [-0.15, -0.1) is 23.1 Å². The van der Waals surface area contributed by atoms with Crippen LogP contribution in [0.5, 0.6) is 0 Å². The van der Waals surface area contributed by atoms with Crippen LogP contribution in [0.3, 0.4) is 0 Å². The molecule has 39 heavy (non-hydrogen) atoms. The number of halogens is 1. The van der Waals surface area contributed by atoms with Gasteiger partial charge in [0.2, 0.25) is 11.2 Å². The number of oxime groups is 1. The number of thioether (sulfide) groups is 1. The average molecular weight is 595 g/mol. The van der Waals surface area contributed by atoms with Crippen molar-refractivity contribution in [1.29, 1.82) is 0 Å². The first-order valence-corrected chi connectivity index (χ1v) is 13.9. The highest BCUT2D eigenvalue weighted by Gasteiger charge is 2.53. The zero-order chi connectivity index (χ0) is 27.7. The number of β-lactam (4-membered cyclic amide) rings is 1. The molecule has 0 aliphatic carbocycles. The second-order valence-electron chi connectivity index (χ2n) is 8.13. The number of carboxylic acid groups (broad SMARTS) is 1. The summed E-state index contributed by atoms with van der Waals surface area (Å²) in [5.41, 5.74) is 5.42. The number of carbonyl (C=O) groups excluding carboxylic acids is 4. The Balaban J connectivity index is 1.37. The predicted molar refractivity (Wildman–Crippen MR) is 136 cm³/mol. The van der Waals surface area contributed by atoms with E-state index in [2.05, 4.69) is 25.6 Å². The molecule has 0 bridgehead atoms. The summed E-state index contributed by atoms with van der Waals surface area (Å²) < 4.78 is 16.2. The van der Waals surface area contributed by atoms with E-state index in [1.807, 2.05) is 22.2 Å². The lowest BCUT2D eigenvalue weighted by molar-refractivity contribution is -0.695. The summed E-state index contributed by atoms with van der Waals surface area (Å²) in [6, 6.07) is -1.08. The van der Waals surface area contributed by atoms with Crippen LogP contribution in [-0.2, 0) is 37.1 Å². The minimum atomic E-state index is -1.53. The Morgan fingerprint density at radius 3 is 2.92 bits per heavy atom. The summed E-state index contributed by atoms with van der Waals surface area (Å²) in [6.07, 6.45) is 4.23. The Hall–Kier alpha value is -4.03. The molecule has 3 aromatic rings. The van der Waals surface area contributed by atoms with E-state index in [9.17, 15) is 28.7 Å². The monoisotopic (exact) mass is 594 g/mol. The zero-order valence-corrected chi connectivity index (χ0v) is 22.2. The maximum absolute atomic E-state index is 13.1. The van der Waals surface area contributed by atoms with Gasteiger partial charge >= 0.3 is 0 Å². The summed E-state index contributed by atoms with van der Waals surface area (Å²) in [5, 5.41) is 23.5. The molecule has 18 heteroatoms. The number of carbonyl (C=O) groups is 4. The first-order valence-electron chi connectivity index (χ1n) is 11.1. The highest BCUT2D eigenvalue weighted by atomic mass is 32.2. The lowest BCUT2D eigenvalue weighted by Crippen LogP contribution is -2.71. The first kappa shape index (κ1) is 26.6. The molecule has 1 fully saturated rings. The van der Waals surface area contributed by atoms with Gasteiger partial charge < -0.3 is 31.1 Å². The van der Waals surface area contributed by atoms with Crippen molar-refractivity contribution in [3.63, 3.8) is 0 Å². The minimum absolute atomic E-state index is 0.0327. The van der Waals surface area contributed by atoms with E-state index in [-0.39, 0.29) is 41.1 Å². The molecule has 4 N–H and O–H groups in total. The number of rotatable bonds is 11. The highest BCUT2D eigenvalue weighted by Crippen LogP contribution is 2.40. The van der Waals surface area contributed by atoms with Gasteiger partial charge in [0.05, 0.1) is 11.7 Å². The fourth-order valence-electron chi connectivity index (χ4n) is 4.30. The number of fused-ring (bicyclic) bond motifs is 2. The van der Waals surface area contributed by atoms with Gasteiger partial charge in [-0.1, -0.05) is 16.5 Å². The van der Waals surface area contributed by atoms with Crippen LogP contribution in [0.1, 0.15) is 11.5 Å². The van der Waals surface area contributed by atoms with Crippen molar-refractivity contribution in [3.8, 4) is 0 Å². The number of nitrogen functional groups attached to an aromatic ring is 1. The van der Waals surface area contributed by atoms with Crippen LogP contribution in [0.2, 0.25) is 0 Å². The van der Waals surface area contributed by atoms with Gasteiger partial charge in [-0.3, -0.25) is 19.3 Å². The van der Waals surface area contributed by atoms with Gasteiger partial charge in [-0.2, -0.15) is 4.40 Å². The topological polar surface area (TPSA) is 187 Å². The van der Waals surface area contributed by atoms with Crippen LogP contribution in [-0.4, -0.2) is 68.2 Å². The SMILES string of the molecule is Nc1nc(/C(=N/OCF)C(=O)N[C@@H]2C(=O)N3C(C(=O)[O-])=C(C[n+]4cc5sccn5c4CNC=O)CS[C@H]23)cs1. The maximum Gasteiger partial charge on any atom is 0.282 e. The number of aliphatic carboxylic acids is 1. The van der Waals surface area contributed by atoms with E-state index in [1.165, 1.54) is 28.5 Å². The molecule has 0 aromatic carbocycles. The van der Waals surface area contributed by atoms with Crippen LogP contribution in [0.15, 0.2) is 39.6 Å². The highest BCUT2D eigenvalue weighted by molar-refractivity contribution is 8.00. The second-order valence-corrected chi connectivity index (χ2v) is 11.1. The summed E-state index contributed by atoms with van der Waals surface area (Å²) in [5.74, 6) is -2.12. The van der Waals surface area contributed by atoms with Crippen LogP contribution >= 0.6 is 34.4 Å². The van der Waals surface area contributed by atoms with Crippen LogP contribution in [0.4, 0.5) is 9.52 Å². The molecule has 14 nitrogen and oxygen atoms in total. The van der Waals surface area contributed by atoms with Crippen molar-refractivity contribution in [2.24, 2.45) is 5.16 Å². The molecule has 0 saturated carbocycles. The lowest BCUT2D eigenvalue weighted by atomic mass is 10.0. The molecule has 3 aromatic heterocycles. The smallest absolute Gasteiger partial charge is 0.282 e. The second kappa shape index (κ2) is 11.0. The largest absolute Gasteiger partial charge is 0.543 e. The van der Waals surface area contributed by atoms with Gasteiger partial charge in [0.25, 0.3) is 24.5 Å². The van der Waals surface area contributed by atoms with E-state index in [0.717, 1.165) is 21.1 Å². The number of imidazole rings is 1. The van der Waals surface area contributed by atoms with Gasteiger partial charge in [0.15, 0.2) is 10.8 Å². The molecule has 2 aliphatic rings. The Morgan fingerprint density at radius 1 is 1.41 bits per heavy atom. The minimum Gasteiger partial charge on any atom is -0.543 e. The van der Waals surface area contributed by atoms with Crippen LogP contribution < -0.4 is 26.0 Å². The maximum atomic E-state index is 13.1. The molecule has 3 amide bonds. The summed E-state index contributed by atoms with van der Waals surface area (Å²) in [7, 11) is 0. The molecule has 5 rings (SSSR count). The Morgan fingerprint density at radius 2 is 2.23 bits per heavy atom. The van der Waals surface area contributed by atoms with Gasteiger partial charge in [-0.05, 0) is 0 Å². The third-order valence-corrected chi connectivity index (χ3v) is 8.74. The normalized spacial score (nSPS) is 19.1. The van der Waals surface area contributed by atoms with Crippen molar-refractivity contribution in [2.75, 3.05) is 18.3 Å².